The molecule has 0 aliphatic carbocycles. The minimum absolute atomic E-state index is 0.172. The van der Waals surface area contributed by atoms with E-state index in [1.165, 1.54) is 11.3 Å². The summed E-state index contributed by atoms with van der Waals surface area (Å²) >= 11 is 4.87. The highest BCUT2D eigenvalue weighted by molar-refractivity contribution is 9.10. The van der Waals surface area contributed by atoms with Crippen molar-refractivity contribution in [3.05, 3.63) is 20.8 Å². The Morgan fingerprint density at radius 1 is 1.69 bits per heavy atom. The van der Waals surface area contributed by atoms with E-state index >= 15 is 0 Å². The fourth-order valence-corrected chi connectivity index (χ4v) is 2.51. The molecule has 1 heterocycles. The van der Waals surface area contributed by atoms with Crippen molar-refractivity contribution in [2.24, 2.45) is 11.7 Å². The van der Waals surface area contributed by atoms with Gasteiger partial charge in [0.1, 0.15) is 0 Å². The first-order valence-corrected chi connectivity index (χ1v) is 5.83. The molecule has 4 heteroatoms. The van der Waals surface area contributed by atoms with Crippen LogP contribution in [0.15, 0.2) is 15.2 Å². The Morgan fingerprint density at radius 2 is 2.38 bits per heavy atom. The van der Waals surface area contributed by atoms with Crippen LogP contribution >= 0.6 is 27.3 Å². The number of halogens is 1. The van der Waals surface area contributed by atoms with E-state index in [1.807, 2.05) is 17.7 Å². The summed E-state index contributed by atoms with van der Waals surface area (Å²) in [6, 6.07) is 0. The van der Waals surface area contributed by atoms with Gasteiger partial charge in [0, 0.05) is 27.2 Å². The van der Waals surface area contributed by atoms with Crippen LogP contribution in [0.2, 0.25) is 0 Å². The number of hydrogen-bond acceptors (Lipinski definition) is 3. The van der Waals surface area contributed by atoms with E-state index in [0.29, 0.717) is 13.0 Å². The first-order valence-electron chi connectivity index (χ1n) is 4.10. The number of nitrogens with two attached hydrogens (primary N) is 1. The highest BCUT2D eigenvalue weighted by atomic mass is 79.9. The molecule has 1 atom stereocenters. The van der Waals surface area contributed by atoms with Gasteiger partial charge in [-0.2, -0.15) is 11.3 Å². The molecule has 0 aliphatic rings. The quantitative estimate of drug-likeness (QED) is 0.848. The topological polar surface area (TPSA) is 43.1 Å². The van der Waals surface area contributed by atoms with Gasteiger partial charge in [-0.25, -0.2) is 0 Å². The fourth-order valence-electron chi connectivity index (χ4n) is 0.990. The van der Waals surface area contributed by atoms with Crippen molar-refractivity contribution in [2.45, 2.75) is 13.3 Å². The average Bonchev–Trinajstić information content (AvgIpc) is 2.51. The predicted molar refractivity (Wildman–Crippen MR) is 59.2 cm³/mol. The zero-order valence-corrected chi connectivity index (χ0v) is 9.82. The second kappa shape index (κ2) is 4.88. The predicted octanol–water partition coefficient (Wildman–Crippen LogP) is 2.68. The Bertz CT molecular complexity index is 298. The lowest BCUT2D eigenvalue weighted by Gasteiger charge is -2.05. The van der Waals surface area contributed by atoms with E-state index in [0.717, 1.165) is 10.0 Å². The molecule has 0 aliphatic heterocycles. The molecule has 0 spiro atoms. The molecule has 0 bridgehead atoms. The third-order valence-electron chi connectivity index (χ3n) is 1.85. The smallest absolute Gasteiger partial charge is 0.165 e. The Hall–Kier alpha value is -0.190. The van der Waals surface area contributed by atoms with Crippen LogP contribution in [-0.4, -0.2) is 12.3 Å². The molecule has 1 aromatic heterocycles. The molecule has 2 nitrogen and oxygen atoms in total. The number of rotatable bonds is 4. The van der Waals surface area contributed by atoms with Crippen molar-refractivity contribution in [2.75, 3.05) is 6.54 Å². The van der Waals surface area contributed by atoms with Crippen molar-refractivity contribution in [1.82, 2.24) is 0 Å². The molecular formula is C9H12BrNOS. The van der Waals surface area contributed by atoms with Gasteiger partial charge in [-0.1, -0.05) is 6.92 Å². The van der Waals surface area contributed by atoms with E-state index in [-0.39, 0.29) is 11.7 Å². The van der Waals surface area contributed by atoms with Gasteiger partial charge in [0.05, 0.1) is 0 Å². The minimum Gasteiger partial charge on any atom is -0.330 e. The summed E-state index contributed by atoms with van der Waals surface area (Å²) in [5.74, 6) is 0.436. The standard InChI is InChI=1S/C9H12BrNOS/c1-6(3-11)2-9(12)7-4-13-5-8(7)10/h4-6H,2-3,11H2,1H3. The van der Waals surface area contributed by atoms with Crippen molar-refractivity contribution >= 4 is 33.0 Å². The average molecular weight is 262 g/mol. The Balaban J connectivity index is 2.64. The highest BCUT2D eigenvalue weighted by Gasteiger charge is 2.13. The summed E-state index contributed by atoms with van der Waals surface area (Å²) in [7, 11) is 0. The summed E-state index contributed by atoms with van der Waals surface area (Å²) in [6.45, 7) is 2.55. The molecule has 1 rings (SSSR count). The molecule has 1 aromatic rings. The number of thiophene rings is 1. The van der Waals surface area contributed by atoms with Crippen LogP contribution in [0.1, 0.15) is 23.7 Å². The molecule has 1 unspecified atom stereocenters. The first-order chi connectivity index (χ1) is 6.15. The second-order valence-corrected chi connectivity index (χ2v) is 4.70. The lowest BCUT2D eigenvalue weighted by Crippen LogP contribution is -2.15. The summed E-state index contributed by atoms with van der Waals surface area (Å²) in [5.41, 5.74) is 6.23. The second-order valence-electron chi connectivity index (χ2n) is 3.10. The number of hydrogen-bond donors (Lipinski definition) is 1. The fraction of sp³-hybridized carbons (Fsp3) is 0.444. The van der Waals surface area contributed by atoms with Gasteiger partial charge < -0.3 is 5.73 Å². The van der Waals surface area contributed by atoms with Gasteiger partial charge in [0.2, 0.25) is 0 Å². The van der Waals surface area contributed by atoms with Crippen molar-refractivity contribution in [3.8, 4) is 0 Å². The van der Waals surface area contributed by atoms with Crippen LogP contribution in [0.4, 0.5) is 0 Å². The zero-order chi connectivity index (χ0) is 9.84. The summed E-state index contributed by atoms with van der Waals surface area (Å²) < 4.78 is 0.895. The van der Waals surface area contributed by atoms with Crippen LogP contribution in [-0.2, 0) is 0 Å². The van der Waals surface area contributed by atoms with Gasteiger partial charge in [-0.3, -0.25) is 4.79 Å². The van der Waals surface area contributed by atoms with Crippen LogP contribution in [0.3, 0.4) is 0 Å². The lowest BCUT2D eigenvalue weighted by molar-refractivity contribution is 0.0965. The molecule has 13 heavy (non-hydrogen) atoms. The van der Waals surface area contributed by atoms with Gasteiger partial charge in [0.15, 0.2) is 5.78 Å². The Kier molecular flexibility index (Phi) is 4.09. The number of ketones is 1. The van der Waals surface area contributed by atoms with Crippen LogP contribution in [0.25, 0.3) is 0 Å². The molecular weight excluding hydrogens is 250 g/mol. The third-order valence-corrected chi connectivity index (χ3v) is 3.55. The van der Waals surface area contributed by atoms with Crippen LogP contribution < -0.4 is 5.73 Å². The Labute approximate surface area is 90.3 Å². The zero-order valence-electron chi connectivity index (χ0n) is 7.42. The highest BCUT2D eigenvalue weighted by Crippen LogP contribution is 2.23. The van der Waals surface area contributed by atoms with Crippen molar-refractivity contribution in [3.63, 3.8) is 0 Å². The van der Waals surface area contributed by atoms with E-state index in [4.69, 9.17) is 5.73 Å². The van der Waals surface area contributed by atoms with Gasteiger partial charge in [-0.15, -0.1) is 0 Å². The van der Waals surface area contributed by atoms with Gasteiger partial charge >= 0.3 is 0 Å². The Morgan fingerprint density at radius 3 is 2.85 bits per heavy atom. The molecule has 0 radical (unpaired) electrons. The largest absolute Gasteiger partial charge is 0.330 e. The number of carbonyl (C=O) groups is 1. The maximum Gasteiger partial charge on any atom is 0.165 e. The molecule has 72 valence electrons. The van der Waals surface area contributed by atoms with Crippen molar-refractivity contribution < 1.29 is 4.79 Å². The third kappa shape index (κ3) is 2.90. The monoisotopic (exact) mass is 261 g/mol. The molecule has 0 saturated heterocycles. The minimum atomic E-state index is 0.172. The van der Waals surface area contributed by atoms with Crippen LogP contribution in [0.5, 0.6) is 0 Å². The molecule has 2 N–H and O–H groups in total. The lowest BCUT2D eigenvalue weighted by atomic mass is 10.0. The molecule has 0 fully saturated rings. The number of carbonyl (C=O) groups excluding carboxylic acids is 1. The van der Waals surface area contributed by atoms with Gasteiger partial charge in [-0.05, 0) is 28.4 Å². The SMILES string of the molecule is CC(CN)CC(=O)c1cscc1Br. The van der Waals surface area contributed by atoms with E-state index in [1.54, 1.807) is 0 Å². The summed E-state index contributed by atoms with van der Waals surface area (Å²) in [5, 5.41) is 3.79. The first kappa shape index (κ1) is 10.9. The molecule has 0 amide bonds. The maximum absolute atomic E-state index is 11.6. The van der Waals surface area contributed by atoms with E-state index in [2.05, 4.69) is 15.9 Å². The molecule has 0 aromatic carbocycles. The molecule has 0 saturated carbocycles. The number of Topliss-reactive ketones (excluding diaryl/α,β-unsaturated/α-hetero) is 1. The van der Waals surface area contributed by atoms with Crippen LogP contribution in [0, 0.1) is 5.92 Å². The van der Waals surface area contributed by atoms with Gasteiger partial charge in [0.25, 0.3) is 0 Å². The summed E-state index contributed by atoms with van der Waals surface area (Å²) in [4.78, 5) is 11.6. The maximum atomic E-state index is 11.6. The van der Waals surface area contributed by atoms with E-state index in [9.17, 15) is 4.79 Å². The summed E-state index contributed by atoms with van der Waals surface area (Å²) in [6.07, 6.45) is 0.534. The van der Waals surface area contributed by atoms with E-state index < -0.39 is 0 Å². The van der Waals surface area contributed by atoms with Crippen molar-refractivity contribution in [1.29, 1.82) is 0 Å². The normalized spacial score (nSPS) is 12.8.